The maximum atomic E-state index is 12.6. The second-order valence-electron chi connectivity index (χ2n) is 5.93. The monoisotopic (exact) mass is 359 g/mol. The van der Waals surface area contributed by atoms with Crippen LogP contribution in [0.4, 0.5) is 0 Å². The van der Waals surface area contributed by atoms with E-state index in [-0.39, 0.29) is 17.5 Å². The van der Waals surface area contributed by atoms with Crippen molar-refractivity contribution in [3.05, 3.63) is 50.5 Å². The Morgan fingerprint density at radius 3 is 3.08 bits per heavy atom. The van der Waals surface area contributed by atoms with E-state index in [4.69, 9.17) is 0 Å². The van der Waals surface area contributed by atoms with Gasteiger partial charge in [0.1, 0.15) is 4.83 Å². The van der Waals surface area contributed by atoms with Crippen molar-refractivity contribution in [2.24, 2.45) is 0 Å². The van der Waals surface area contributed by atoms with Crippen LogP contribution in [0.2, 0.25) is 0 Å². The number of hydrogen-bond acceptors (Lipinski definition) is 5. The van der Waals surface area contributed by atoms with E-state index in [0.29, 0.717) is 18.4 Å². The molecular formula is C17H17N3O2S2. The summed E-state index contributed by atoms with van der Waals surface area (Å²) in [6, 6.07) is 4.08. The van der Waals surface area contributed by atoms with Gasteiger partial charge in [-0.05, 0) is 46.7 Å². The number of fused-ring (bicyclic) bond motifs is 1. The third-order valence-electron chi connectivity index (χ3n) is 4.52. The largest absolute Gasteiger partial charge is 0.336 e. The fourth-order valence-electron chi connectivity index (χ4n) is 3.29. The molecular weight excluding hydrogens is 342 g/mol. The Morgan fingerprint density at radius 1 is 1.33 bits per heavy atom. The molecule has 1 saturated heterocycles. The van der Waals surface area contributed by atoms with E-state index in [2.05, 4.69) is 21.8 Å². The van der Waals surface area contributed by atoms with Crippen LogP contribution in [0.5, 0.6) is 0 Å². The minimum atomic E-state index is -0.0649. The lowest BCUT2D eigenvalue weighted by Gasteiger charge is -2.24. The van der Waals surface area contributed by atoms with Gasteiger partial charge in [-0.1, -0.05) is 0 Å². The fourth-order valence-corrected chi connectivity index (χ4v) is 4.72. The van der Waals surface area contributed by atoms with Gasteiger partial charge in [-0.25, -0.2) is 4.98 Å². The van der Waals surface area contributed by atoms with Crippen molar-refractivity contribution in [2.45, 2.75) is 31.8 Å². The Bertz CT molecular complexity index is 913. The van der Waals surface area contributed by atoms with Crippen LogP contribution < -0.4 is 5.56 Å². The molecule has 1 unspecified atom stereocenters. The summed E-state index contributed by atoms with van der Waals surface area (Å²) in [7, 11) is 0. The van der Waals surface area contributed by atoms with Crippen LogP contribution in [0.1, 0.15) is 30.9 Å². The first-order chi connectivity index (χ1) is 11.7. The van der Waals surface area contributed by atoms with Crippen molar-refractivity contribution in [1.82, 2.24) is 14.5 Å². The molecule has 4 heterocycles. The number of aryl methyl sites for hydroxylation is 1. The third-order valence-corrected chi connectivity index (χ3v) is 6.04. The molecule has 1 amide bonds. The van der Waals surface area contributed by atoms with Crippen molar-refractivity contribution < 1.29 is 4.79 Å². The summed E-state index contributed by atoms with van der Waals surface area (Å²) in [5.41, 5.74) is 1.16. The lowest BCUT2D eigenvalue weighted by Crippen LogP contribution is -2.32. The first kappa shape index (κ1) is 15.5. The summed E-state index contributed by atoms with van der Waals surface area (Å²) in [5, 5.41) is 6.67. The number of rotatable bonds is 4. The van der Waals surface area contributed by atoms with Crippen LogP contribution in [0.3, 0.4) is 0 Å². The van der Waals surface area contributed by atoms with E-state index in [9.17, 15) is 9.59 Å². The minimum Gasteiger partial charge on any atom is -0.336 e. The zero-order chi connectivity index (χ0) is 16.5. The van der Waals surface area contributed by atoms with E-state index in [1.54, 1.807) is 28.3 Å². The van der Waals surface area contributed by atoms with Crippen molar-refractivity contribution in [3.63, 3.8) is 0 Å². The molecule has 0 radical (unpaired) electrons. The zero-order valence-electron chi connectivity index (χ0n) is 13.1. The van der Waals surface area contributed by atoms with Gasteiger partial charge in [0, 0.05) is 19.5 Å². The maximum Gasteiger partial charge on any atom is 0.262 e. The second-order valence-corrected chi connectivity index (χ2v) is 7.61. The molecule has 0 saturated carbocycles. The number of likely N-dealkylation sites (tertiary alicyclic amines) is 1. The third kappa shape index (κ3) is 2.78. The number of aromatic nitrogens is 2. The number of thiophene rings is 2. The molecule has 7 heteroatoms. The lowest BCUT2D eigenvalue weighted by molar-refractivity contribution is -0.132. The van der Waals surface area contributed by atoms with Gasteiger partial charge in [0.2, 0.25) is 5.91 Å². The highest BCUT2D eigenvalue weighted by Crippen LogP contribution is 2.33. The van der Waals surface area contributed by atoms with Crippen LogP contribution in [-0.4, -0.2) is 26.9 Å². The van der Waals surface area contributed by atoms with Gasteiger partial charge < -0.3 is 4.90 Å². The molecule has 1 aliphatic heterocycles. The SMILES string of the molecule is O=C(CCn1cnc2sccc2c1=O)N1CCCC1c1ccsc1. The quantitative estimate of drug-likeness (QED) is 0.718. The van der Waals surface area contributed by atoms with Crippen molar-refractivity contribution >= 4 is 38.8 Å². The van der Waals surface area contributed by atoms with Gasteiger partial charge in [0.25, 0.3) is 5.56 Å². The Balaban J connectivity index is 1.47. The molecule has 0 aromatic carbocycles. The molecule has 3 aromatic rings. The van der Waals surface area contributed by atoms with E-state index < -0.39 is 0 Å². The number of hydrogen-bond donors (Lipinski definition) is 0. The Labute approximate surface area is 147 Å². The fraction of sp³-hybridized carbons (Fsp3) is 0.353. The van der Waals surface area contributed by atoms with Crippen LogP contribution >= 0.6 is 22.7 Å². The summed E-state index contributed by atoms with van der Waals surface area (Å²) < 4.78 is 1.54. The highest BCUT2D eigenvalue weighted by molar-refractivity contribution is 7.16. The van der Waals surface area contributed by atoms with E-state index in [1.165, 1.54) is 16.9 Å². The van der Waals surface area contributed by atoms with Crippen molar-refractivity contribution in [2.75, 3.05) is 6.54 Å². The number of nitrogens with zero attached hydrogens (tertiary/aromatic N) is 3. The molecule has 0 bridgehead atoms. The minimum absolute atomic E-state index is 0.0649. The van der Waals surface area contributed by atoms with Gasteiger partial charge in [-0.15, -0.1) is 11.3 Å². The van der Waals surface area contributed by atoms with Gasteiger partial charge in [0.15, 0.2) is 0 Å². The lowest BCUT2D eigenvalue weighted by atomic mass is 10.1. The van der Waals surface area contributed by atoms with Gasteiger partial charge >= 0.3 is 0 Å². The Kier molecular flexibility index (Phi) is 4.20. The smallest absolute Gasteiger partial charge is 0.262 e. The van der Waals surface area contributed by atoms with Gasteiger partial charge in [-0.2, -0.15) is 11.3 Å². The van der Waals surface area contributed by atoms with Gasteiger partial charge in [0.05, 0.1) is 17.8 Å². The van der Waals surface area contributed by atoms with E-state index >= 15 is 0 Å². The van der Waals surface area contributed by atoms with E-state index in [0.717, 1.165) is 24.2 Å². The molecule has 1 fully saturated rings. The zero-order valence-corrected chi connectivity index (χ0v) is 14.7. The summed E-state index contributed by atoms with van der Waals surface area (Å²) in [4.78, 5) is 32.0. The Hall–Kier alpha value is -1.99. The molecule has 3 aromatic heterocycles. The average Bonchev–Trinajstić information content (AvgIpc) is 3.32. The standard InChI is InChI=1S/C17H17N3O2S2/c21-15(20-6-1-2-14(20)12-4-8-23-10-12)3-7-19-11-18-16-13(17(19)22)5-9-24-16/h4-5,8-11,14H,1-3,6-7H2. The molecule has 124 valence electrons. The summed E-state index contributed by atoms with van der Waals surface area (Å²) in [6.07, 6.45) is 3.94. The normalized spacial score (nSPS) is 17.7. The molecule has 1 atom stereocenters. The van der Waals surface area contributed by atoms with Crippen LogP contribution in [0.25, 0.3) is 10.2 Å². The molecule has 0 N–H and O–H groups in total. The van der Waals surface area contributed by atoms with Crippen LogP contribution in [0, 0.1) is 0 Å². The number of carbonyl (C=O) groups is 1. The first-order valence-corrected chi connectivity index (χ1v) is 9.80. The molecule has 0 aliphatic carbocycles. The Morgan fingerprint density at radius 2 is 2.25 bits per heavy atom. The molecule has 24 heavy (non-hydrogen) atoms. The van der Waals surface area contributed by atoms with Crippen LogP contribution in [-0.2, 0) is 11.3 Å². The average molecular weight is 359 g/mol. The predicted molar refractivity (Wildman–Crippen MR) is 96.5 cm³/mol. The molecule has 5 nitrogen and oxygen atoms in total. The summed E-state index contributed by atoms with van der Waals surface area (Å²) in [5.74, 6) is 0.112. The van der Waals surface area contributed by atoms with Gasteiger partial charge in [-0.3, -0.25) is 14.2 Å². The van der Waals surface area contributed by atoms with Crippen molar-refractivity contribution in [3.8, 4) is 0 Å². The molecule has 4 rings (SSSR count). The maximum absolute atomic E-state index is 12.6. The highest BCUT2D eigenvalue weighted by atomic mass is 32.1. The second kappa shape index (κ2) is 6.49. The van der Waals surface area contributed by atoms with Crippen LogP contribution in [0.15, 0.2) is 39.4 Å². The topological polar surface area (TPSA) is 55.2 Å². The summed E-state index contributed by atoms with van der Waals surface area (Å²) in [6.45, 7) is 1.18. The van der Waals surface area contributed by atoms with E-state index in [1.807, 2.05) is 10.3 Å². The first-order valence-electron chi connectivity index (χ1n) is 7.98. The highest BCUT2D eigenvalue weighted by Gasteiger charge is 2.29. The number of carbonyl (C=O) groups excluding carboxylic acids is 1. The van der Waals surface area contributed by atoms with Crippen molar-refractivity contribution in [1.29, 1.82) is 0 Å². The predicted octanol–water partition coefficient (Wildman–Crippen LogP) is 3.27. The summed E-state index contributed by atoms with van der Waals surface area (Å²) >= 11 is 3.12. The molecule has 0 spiro atoms. The molecule has 1 aliphatic rings. The number of amides is 1.